The second-order valence-corrected chi connectivity index (χ2v) is 12.1. The van der Waals surface area contributed by atoms with Gasteiger partial charge in [-0.15, -0.1) is 0 Å². The maximum absolute atomic E-state index is 6.25. The van der Waals surface area contributed by atoms with Crippen LogP contribution in [0.2, 0.25) is 0 Å². The van der Waals surface area contributed by atoms with Crippen LogP contribution in [-0.2, 0) is 0 Å². The number of hydrogen-bond acceptors (Lipinski definition) is 2. The van der Waals surface area contributed by atoms with E-state index in [1.54, 1.807) is 0 Å². The molecule has 46 heavy (non-hydrogen) atoms. The van der Waals surface area contributed by atoms with Crippen LogP contribution in [0.25, 0.3) is 43.8 Å². The minimum Gasteiger partial charge on any atom is -0.485 e. The Morgan fingerprint density at radius 3 is 1.85 bits per heavy atom. The molecule has 0 bridgehead atoms. The van der Waals surface area contributed by atoms with Crippen LogP contribution in [0.15, 0.2) is 176 Å². The van der Waals surface area contributed by atoms with Gasteiger partial charge in [0.1, 0.15) is 11.9 Å². The first-order chi connectivity index (χ1) is 22.8. The third-order valence-electron chi connectivity index (χ3n) is 9.36. The van der Waals surface area contributed by atoms with Gasteiger partial charge >= 0.3 is 0 Å². The summed E-state index contributed by atoms with van der Waals surface area (Å²) < 4.78 is 6.25. The molecule has 1 aliphatic heterocycles. The van der Waals surface area contributed by atoms with Crippen molar-refractivity contribution >= 4 is 38.6 Å². The van der Waals surface area contributed by atoms with Gasteiger partial charge in [-0.05, 0) is 104 Å². The molecule has 9 rings (SSSR count). The van der Waals surface area contributed by atoms with Gasteiger partial charge in [0.15, 0.2) is 0 Å². The lowest BCUT2D eigenvalue weighted by Crippen LogP contribution is -2.15. The minimum absolute atomic E-state index is 0.0970. The van der Waals surface area contributed by atoms with Gasteiger partial charge < -0.3 is 9.64 Å². The maximum atomic E-state index is 6.25. The fourth-order valence-electron chi connectivity index (χ4n) is 7.08. The van der Waals surface area contributed by atoms with E-state index < -0.39 is 0 Å². The lowest BCUT2D eigenvalue weighted by atomic mass is 9.88. The van der Waals surface area contributed by atoms with Crippen LogP contribution in [0.4, 0.5) is 17.1 Å². The molecular formula is C44H31NO. The maximum Gasteiger partial charge on any atom is 0.128 e. The number of ether oxygens (including phenoxy) is 1. The topological polar surface area (TPSA) is 12.5 Å². The van der Waals surface area contributed by atoms with E-state index in [9.17, 15) is 0 Å². The van der Waals surface area contributed by atoms with Crippen molar-refractivity contribution in [3.05, 3.63) is 182 Å². The molecule has 2 aliphatic rings. The average Bonchev–Trinajstić information content (AvgIpc) is 3.52. The SMILES string of the molecule is C1=CC2Oc3ccc4cc(-c5ccc(N(c6ccccc6)c6ccc7cc(-c8ccccc8)ccc7c6)cc5)ccc4c3C2C=C1. The van der Waals surface area contributed by atoms with E-state index in [-0.39, 0.29) is 12.0 Å². The molecule has 2 nitrogen and oxygen atoms in total. The number of anilines is 3. The highest BCUT2D eigenvalue weighted by Gasteiger charge is 2.33. The highest BCUT2D eigenvalue weighted by molar-refractivity contribution is 5.94. The summed E-state index contributed by atoms with van der Waals surface area (Å²) in [4.78, 5) is 2.33. The average molecular weight is 590 g/mol. The van der Waals surface area contributed by atoms with E-state index in [1.807, 2.05) is 0 Å². The highest BCUT2D eigenvalue weighted by atomic mass is 16.5. The lowest BCUT2D eigenvalue weighted by Gasteiger charge is -2.26. The van der Waals surface area contributed by atoms with Gasteiger partial charge in [-0.3, -0.25) is 0 Å². The third-order valence-corrected chi connectivity index (χ3v) is 9.36. The molecule has 0 saturated carbocycles. The number of hydrogen-bond donors (Lipinski definition) is 0. The summed E-state index contributed by atoms with van der Waals surface area (Å²) in [6.45, 7) is 0. The van der Waals surface area contributed by atoms with Crippen LogP contribution in [-0.4, -0.2) is 6.10 Å². The molecule has 7 aromatic rings. The van der Waals surface area contributed by atoms with Gasteiger partial charge in [0, 0.05) is 28.5 Å². The quantitative estimate of drug-likeness (QED) is 0.198. The Morgan fingerprint density at radius 2 is 1.02 bits per heavy atom. The van der Waals surface area contributed by atoms with Crippen molar-refractivity contribution in [2.24, 2.45) is 0 Å². The zero-order valence-corrected chi connectivity index (χ0v) is 25.3. The normalized spacial score (nSPS) is 16.3. The van der Waals surface area contributed by atoms with Crippen LogP contribution in [0.1, 0.15) is 11.5 Å². The number of fused-ring (bicyclic) bond motifs is 6. The number of para-hydroxylation sites is 1. The second kappa shape index (κ2) is 10.9. The first kappa shape index (κ1) is 26.5. The highest BCUT2D eigenvalue weighted by Crippen LogP contribution is 2.46. The fourth-order valence-corrected chi connectivity index (χ4v) is 7.08. The first-order valence-electron chi connectivity index (χ1n) is 15.9. The van der Waals surface area contributed by atoms with E-state index in [1.165, 1.54) is 49.4 Å². The van der Waals surface area contributed by atoms with Crippen molar-refractivity contribution in [1.29, 1.82) is 0 Å². The minimum atomic E-state index is 0.0970. The molecule has 1 heterocycles. The molecule has 0 N–H and O–H groups in total. The van der Waals surface area contributed by atoms with Crippen molar-refractivity contribution in [3.63, 3.8) is 0 Å². The summed E-state index contributed by atoms with van der Waals surface area (Å²) in [5.41, 5.74) is 9.55. The standard InChI is InChI=1S/C44H31NO/c1-3-9-30(10-4-1)32-15-16-35-29-39(24-19-34(35)27-32)45(37-11-5-2-6-12-37)38-22-17-31(18-23-38)33-20-25-40-36(28-33)21-26-43-44(40)41-13-7-8-14-42(41)46-43/h1-29,41-42H. The fraction of sp³-hybridized carbons (Fsp3) is 0.0455. The van der Waals surface area contributed by atoms with E-state index in [0.29, 0.717) is 0 Å². The Bertz CT molecular complexity index is 2280. The molecule has 1 aliphatic carbocycles. The summed E-state index contributed by atoms with van der Waals surface area (Å²) in [5.74, 6) is 1.28. The molecule has 7 aromatic carbocycles. The molecule has 2 atom stereocenters. The molecular weight excluding hydrogens is 558 g/mol. The summed E-state index contributed by atoms with van der Waals surface area (Å²) in [5, 5.41) is 4.96. The van der Waals surface area contributed by atoms with Crippen molar-refractivity contribution < 1.29 is 4.74 Å². The van der Waals surface area contributed by atoms with Crippen LogP contribution >= 0.6 is 0 Å². The predicted molar refractivity (Wildman–Crippen MR) is 192 cm³/mol. The van der Waals surface area contributed by atoms with Gasteiger partial charge in [-0.1, -0.05) is 115 Å². The van der Waals surface area contributed by atoms with Crippen LogP contribution in [0.5, 0.6) is 5.75 Å². The molecule has 0 aromatic heterocycles. The third kappa shape index (κ3) is 4.58. The van der Waals surface area contributed by atoms with Crippen LogP contribution in [0.3, 0.4) is 0 Å². The Balaban J connectivity index is 1.06. The summed E-state index contributed by atoms with van der Waals surface area (Å²) >= 11 is 0. The number of benzene rings is 7. The summed E-state index contributed by atoms with van der Waals surface area (Å²) in [6.07, 6.45) is 8.73. The van der Waals surface area contributed by atoms with Crippen LogP contribution in [0, 0.1) is 0 Å². The zero-order chi connectivity index (χ0) is 30.5. The van der Waals surface area contributed by atoms with E-state index in [4.69, 9.17) is 4.74 Å². The number of rotatable bonds is 5. The van der Waals surface area contributed by atoms with Crippen LogP contribution < -0.4 is 9.64 Å². The van der Waals surface area contributed by atoms with Gasteiger partial charge in [0.25, 0.3) is 0 Å². The van der Waals surface area contributed by atoms with Crippen molar-refractivity contribution in [3.8, 4) is 28.0 Å². The van der Waals surface area contributed by atoms with Gasteiger partial charge in [0.05, 0.1) is 0 Å². The Morgan fingerprint density at radius 1 is 0.435 bits per heavy atom. The van der Waals surface area contributed by atoms with Gasteiger partial charge in [0.2, 0.25) is 0 Å². The van der Waals surface area contributed by atoms with E-state index in [0.717, 1.165) is 22.8 Å². The molecule has 0 radical (unpaired) electrons. The Kier molecular flexibility index (Phi) is 6.31. The number of nitrogens with zero attached hydrogens (tertiary/aromatic N) is 1. The second-order valence-electron chi connectivity index (χ2n) is 12.1. The van der Waals surface area contributed by atoms with E-state index >= 15 is 0 Å². The summed E-state index contributed by atoms with van der Waals surface area (Å²) in [6, 6.07) is 54.7. The number of allylic oxidation sites excluding steroid dienone is 2. The largest absolute Gasteiger partial charge is 0.485 e. The Labute approximate surface area is 269 Å². The summed E-state index contributed by atoms with van der Waals surface area (Å²) in [7, 11) is 0. The molecule has 0 fully saturated rings. The van der Waals surface area contributed by atoms with Crippen molar-refractivity contribution in [2.75, 3.05) is 4.90 Å². The predicted octanol–water partition coefficient (Wildman–Crippen LogP) is 11.8. The Hall–Kier alpha value is -5.86. The smallest absolute Gasteiger partial charge is 0.128 e. The molecule has 0 spiro atoms. The van der Waals surface area contributed by atoms with Gasteiger partial charge in [-0.2, -0.15) is 0 Å². The first-order valence-corrected chi connectivity index (χ1v) is 15.9. The van der Waals surface area contributed by atoms with Crippen molar-refractivity contribution in [1.82, 2.24) is 0 Å². The molecule has 218 valence electrons. The monoisotopic (exact) mass is 589 g/mol. The van der Waals surface area contributed by atoms with Gasteiger partial charge in [-0.25, -0.2) is 0 Å². The molecule has 2 unspecified atom stereocenters. The molecule has 2 heteroatoms. The van der Waals surface area contributed by atoms with E-state index in [2.05, 4.69) is 181 Å². The molecule has 0 amide bonds. The lowest BCUT2D eigenvalue weighted by molar-refractivity contribution is 0.269. The zero-order valence-electron chi connectivity index (χ0n) is 25.3. The van der Waals surface area contributed by atoms with Crippen molar-refractivity contribution in [2.45, 2.75) is 12.0 Å². The molecule has 0 saturated heterocycles.